The van der Waals surface area contributed by atoms with Crippen LogP contribution in [-0.2, 0) is 10.3 Å². The molecule has 0 saturated carbocycles. The van der Waals surface area contributed by atoms with E-state index in [0.29, 0.717) is 0 Å². The maximum atomic E-state index is 7.88. The molecule has 3 nitrogen and oxygen atoms in total. The lowest BCUT2D eigenvalue weighted by atomic mass is 9.91. The molecule has 17 heavy (non-hydrogen) atoms. The zero-order valence-electron chi connectivity index (χ0n) is 9.95. The first-order chi connectivity index (χ1) is 8.22. The Balaban J connectivity index is 2.32. The molecular formula is C13H17BrN2O. The number of amidine groups is 1. The van der Waals surface area contributed by atoms with Crippen molar-refractivity contribution in [2.45, 2.75) is 18.9 Å². The number of rotatable bonds is 4. The van der Waals surface area contributed by atoms with Gasteiger partial charge >= 0.3 is 0 Å². The highest BCUT2D eigenvalue weighted by atomic mass is 79.9. The Hall–Kier alpha value is -1.03. The van der Waals surface area contributed by atoms with Crippen LogP contribution >= 0.6 is 15.9 Å². The molecule has 1 N–H and O–H groups in total. The van der Waals surface area contributed by atoms with E-state index in [0.717, 1.165) is 30.4 Å². The van der Waals surface area contributed by atoms with Gasteiger partial charge in [0, 0.05) is 18.3 Å². The quantitative estimate of drug-likeness (QED) is 0.867. The summed E-state index contributed by atoms with van der Waals surface area (Å²) in [6.45, 7) is 3.63. The predicted octanol–water partition coefficient (Wildman–Crippen LogP) is 2.95. The van der Waals surface area contributed by atoms with Crippen LogP contribution in [0.25, 0.3) is 0 Å². The van der Waals surface area contributed by atoms with E-state index in [2.05, 4.69) is 28.1 Å². The number of ether oxygens (including phenoxy) is 1. The average molecular weight is 297 g/mol. The molecule has 0 radical (unpaired) electrons. The highest BCUT2D eigenvalue weighted by Gasteiger charge is 2.43. The summed E-state index contributed by atoms with van der Waals surface area (Å²) in [6.07, 6.45) is 0.871. The zero-order valence-corrected chi connectivity index (χ0v) is 11.5. The fourth-order valence-corrected chi connectivity index (χ4v) is 2.88. The van der Waals surface area contributed by atoms with Gasteiger partial charge in [-0.3, -0.25) is 5.41 Å². The van der Waals surface area contributed by atoms with Crippen molar-refractivity contribution in [3.8, 4) is 0 Å². The summed E-state index contributed by atoms with van der Waals surface area (Å²) in [5.74, 6) is 0. The molecule has 0 aliphatic carbocycles. The summed E-state index contributed by atoms with van der Waals surface area (Å²) >= 11 is 3.48. The van der Waals surface area contributed by atoms with Gasteiger partial charge < -0.3 is 9.64 Å². The third-order valence-electron chi connectivity index (χ3n) is 3.21. The second-order valence-corrected chi connectivity index (χ2v) is 5.01. The third kappa shape index (κ3) is 2.32. The number of nitrogens with zero attached hydrogens (tertiary/aromatic N) is 1. The molecule has 0 spiro atoms. The monoisotopic (exact) mass is 296 g/mol. The van der Waals surface area contributed by atoms with Gasteiger partial charge in [0.25, 0.3) is 6.02 Å². The molecule has 1 aliphatic rings. The number of likely N-dealkylation sites (N-methyl/N-ethyl adjacent to an activating group) is 1. The number of hydrogen-bond acceptors (Lipinski definition) is 2. The molecule has 4 heteroatoms. The van der Waals surface area contributed by atoms with Crippen molar-refractivity contribution in [2.75, 3.05) is 18.4 Å². The van der Waals surface area contributed by atoms with Crippen LogP contribution in [0.2, 0.25) is 0 Å². The smallest absolute Gasteiger partial charge is 0.285 e. The molecule has 0 amide bonds. The van der Waals surface area contributed by atoms with Gasteiger partial charge in [0.2, 0.25) is 0 Å². The van der Waals surface area contributed by atoms with E-state index < -0.39 is 0 Å². The minimum Gasteiger partial charge on any atom is -0.452 e. The summed E-state index contributed by atoms with van der Waals surface area (Å²) in [6, 6.07) is 10.5. The van der Waals surface area contributed by atoms with E-state index in [-0.39, 0.29) is 11.6 Å². The Labute approximate surface area is 110 Å². The van der Waals surface area contributed by atoms with E-state index in [4.69, 9.17) is 10.1 Å². The molecule has 92 valence electrons. The highest BCUT2D eigenvalue weighted by Crippen LogP contribution is 2.36. The van der Waals surface area contributed by atoms with E-state index in [1.54, 1.807) is 0 Å². The zero-order chi connectivity index (χ0) is 12.3. The molecule has 1 heterocycles. The second kappa shape index (κ2) is 5.08. The van der Waals surface area contributed by atoms with Crippen LogP contribution in [0.1, 0.15) is 18.9 Å². The van der Waals surface area contributed by atoms with Gasteiger partial charge in [-0.15, -0.1) is 0 Å². The number of halogens is 1. The molecule has 1 aliphatic heterocycles. The van der Waals surface area contributed by atoms with Crippen LogP contribution in [-0.4, -0.2) is 29.3 Å². The van der Waals surface area contributed by atoms with Gasteiger partial charge in [-0.05, 0) is 12.5 Å². The van der Waals surface area contributed by atoms with Crippen molar-refractivity contribution in [1.82, 2.24) is 4.90 Å². The van der Waals surface area contributed by atoms with E-state index >= 15 is 0 Å². The van der Waals surface area contributed by atoms with Crippen molar-refractivity contribution in [2.24, 2.45) is 0 Å². The van der Waals surface area contributed by atoms with Crippen LogP contribution in [0, 0.1) is 5.41 Å². The maximum Gasteiger partial charge on any atom is 0.285 e. The van der Waals surface area contributed by atoms with Crippen LogP contribution in [0.4, 0.5) is 0 Å². The fourth-order valence-electron chi connectivity index (χ4n) is 2.24. The molecule has 0 bridgehead atoms. The van der Waals surface area contributed by atoms with Crippen molar-refractivity contribution < 1.29 is 4.74 Å². The molecule has 1 unspecified atom stereocenters. The third-order valence-corrected chi connectivity index (χ3v) is 3.60. The van der Waals surface area contributed by atoms with Gasteiger partial charge in [-0.25, -0.2) is 0 Å². The molecule has 1 atom stereocenters. The van der Waals surface area contributed by atoms with Crippen LogP contribution in [0.3, 0.4) is 0 Å². The number of benzene rings is 1. The summed E-state index contributed by atoms with van der Waals surface area (Å²) < 4.78 is 5.86. The fraction of sp³-hybridized carbons (Fsp3) is 0.462. The van der Waals surface area contributed by atoms with Crippen molar-refractivity contribution in [3.63, 3.8) is 0 Å². The molecule has 1 fully saturated rings. The topological polar surface area (TPSA) is 36.3 Å². The lowest BCUT2D eigenvalue weighted by molar-refractivity contribution is 0.0852. The predicted molar refractivity (Wildman–Crippen MR) is 72.6 cm³/mol. The Kier molecular flexibility index (Phi) is 3.72. The molecule has 0 aromatic heterocycles. The average Bonchev–Trinajstić information content (AvgIpc) is 2.68. The normalized spacial score (nSPS) is 23.9. The first-order valence-electron chi connectivity index (χ1n) is 5.86. The highest BCUT2D eigenvalue weighted by molar-refractivity contribution is 9.09. The Morgan fingerprint density at radius 1 is 1.41 bits per heavy atom. The molecule has 1 aromatic rings. The minimum atomic E-state index is -0.363. The number of hydrogen-bond donors (Lipinski definition) is 1. The Bertz CT molecular complexity index is 396. The van der Waals surface area contributed by atoms with E-state index in [1.807, 2.05) is 30.0 Å². The molecular weight excluding hydrogens is 280 g/mol. The minimum absolute atomic E-state index is 0.289. The van der Waals surface area contributed by atoms with Gasteiger partial charge in [0.05, 0.1) is 6.54 Å². The lowest BCUT2D eigenvalue weighted by Gasteiger charge is -2.27. The summed E-state index contributed by atoms with van der Waals surface area (Å²) in [5, 5.41) is 8.75. The maximum absolute atomic E-state index is 7.88. The lowest BCUT2D eigenvalue weighted by Crippen LogP contribution is -2.32. The number of nitrogens with one attached hydrogen (secondary N) is 1. The van der Waals surface area contributed by atoms with Crippen LogP contribution in [0.5, 0.6) is 0 Å². The molecule has 1 saturated heterocycles. The van der Waals surface area contributed by atoms with E-state index in [1.165, 1.54) is 0 Å². The molecule has 2 rings (SSSR count). The van der Waals surface area contributed by atoms with E-state index in [9.17, 15) is 0 Å². The second-order valence-electron chi connectivity index (χ2n) is 4.22. The SMILES string of the molecule is CCN1CC(CCBr)(c2ccccc2)OC1=N. The Morgan fingerprint density at radius 3 is 2.65 bits per heavy atom. The van der Waals surface area contributed by atoms with Gasteiger partial charge in [-0.2, -0.15) is 0 Å². The van der Waals surface area contributed by atoms with Crippen LogP contribution in [0.15, 0.2) is 30.3 Å². The van der Waals surface area contributed by atoms with Gasteiger partial charge in [-0.1, -0.05) is 46.3 Å². The van der Waals surface area contributed by atoms with Crippen molar-refractivity contribution in [3.05, 3.63) is 35.9 Å². The van der Waals surface area contributed by atoms with Gasteiger partial charge in [0.1, 0.15) is 0 Å². The van der Waals surface area contributed by atoms with Gasteiger partial charge in [0.15, 0.2) is 5.60 Å². The largest absolute Gasteiger partial charge is 0.452 e. The number of alkyl halides is 1. The van der Waals surface area contributed by atoms with Crippen molar-refractivity contribution >= 4 is 22.0 Å². The van der Waals surface area contributed by atoms with Crippen molar-refractivity contribution in [1.29, 1.82) is 5.41 Å². The first kappa shape index (κ1) is 12.4. The summed E-state index contributed by atoms with van der Waals surface area (Å²) in [4.78, 5) is 1.97. The first-order valence-corrected chi connectivity index (χ1v) is 6.98. The standard InChI is InChI=1S/C13H17BrN2O/c1-2-16-10-13(8-9-14,17-12(16)15)11-6-4-3-5-7-11/h3-7,15H,2,8-10H2,1H3. The van der Waals surface area contributed by atoms with Crippen LogP contribution < -0.4 is 0 Å². The summed E-state index contributed by atoms with van der Waals surface area (Å²) in [7, 11) is 0. The molecule has 1 aromatic carbocycles. The Morgan fingerprint density at radius 2 is 2.12 bits per heavy atom. The summed E-state index contributed by atoms with van der Waals surface area (Å²) in [5.41, 5.74) is 0.790.